The van der Waals surface area contributed by atoms with Crippen molar-refractivity contribution in [2.24, 2.45) is 11.7 Å². The Labute approximate surface area is 83.2 Å². The fourth-order valence-corrected chi connectivity index (χ4v) is 2.35. The van der Waals surface area contributed by atoms with Crippen LogP contribution < -0.4 is 5.73 Å². The molecular formula is C10H16N2S. The second-order valence-electron chi connectivity index (χ2n) is 4.15. The van der Waals surface area contributed by atoms with Crippen LogP contribution in [0.25, 0.3) is 0 Å². The van der Waals surface area contributed by atoms with Crippen molar-refractivity contribution in [2.75, 3.05) is 0 Å². The van der Waals surface area contributed by atoms with Crippen LogP contribution in [0.2, 0.25) is 0 Å². The molecule has 1 aliphatic carbocycles. The molecule has 0 bridgehead atoms. The lowest BCUT2D eigenvalue weighted by Gasteiger charge is -2.11. The summed E-state index contributed by atoms with van der Waals surface area (Å²) in [6, 6.07) is 0.115. The second kappa shape index (κ2) is 3.39. The zero-order chi connectivity index (χ0) is 9.42. The molecule has 72 valence electrons. The maximum absolute atomic E-state index is 6.02. The molecule has 0 saturated heterocycles. The number of nitrogens with zero attached hydrogens (tertiary/aromatic N) is 1. The number of hydrogen-bond acceptors (Lipinski definition) is 3. The van der Waals surface area contributed by atoms with E-state index in [0.717, 1.165) is 11.6 Å². The first-order valence-corrected chi connectivity index (χ1v) is 5.77. The van der Waals surface area contributed by atoms with Gasteiger partial charge in [0, 0.05) is 11.3 Å². The Morgan fingerprint density at radius 3 is 2.77 bits per heavy atom. The first-order valence-electron chi connectivity index (χ1n) is 4.89. The fourth-order valence-electron chi connectivity index (χ4n) is 1.31. The Bertz CT molecular complexity index is 289. The highest BCUT2D eigenvalue weighted by molar-refractivity contribution is 7.09. The van der Waals surface area contributed by atoms with Gasteiger partial charge in [-0.3, -0.25) is 0 Å². The molecule has 1 atom stereocenters. The minimum atomic E-state index is 0.115. The summed E-state index contributed by atoms with van der Waals surface area (Å²) >= 11 is 1.77. The van der Waals surface area contributed by atoms with Crippen LogP contribution in [0.4, 0.5) is 0 Å². The zero-order valence-corrected chi connectivity index (χ0v) is 8.97. The molecule has 1 aromatic rings. The molecule has 0 spiro atoms. The van der Waals surface area contributed by atoms with Gasteiger partial charge in [0.05, 0.1) is 16.7 Å². The largest absolute Gasteiger partial charge is 0.322 e. The lowest BCUT2D eigenvalue weighted by Crippen LogP contribution is -2.16. The predicted molar refractivity (Wildman–Crippen MR) is 55.9 cm³/mol. The number of aromatic nitrogens is 1. The van der Waals surface area contributed by atoms with Crippen LogP contribution in [-0.2, 0) is 0 Å². The van der Waals surface area contributed by atoms with Gasteiger partial charge < -0.3 is 5.73 Å². The Morgan fingerprint density at radius 1 is 1.54 bits per heavy atom. The van der Waals surface area contributed by atoms with E-state index in [1.165, 1.54) is 17.8 Å². The maximum atomic E-state index is 6.02. The smallest absolute Gasteiger partial charge is 0.0959 e. The third-order valence-corrected chi connectivity index (χ3v) is 3.55. The van der Waals surface area contributed by atoms with Crippen LogP contribution in [0.15, 0.2) is 5.38 Å². The maximum Gasteiger partial charge on any atom is 0.0959 e. The van der Waals surface area contributed by atoms with E-state index in [-0.39, 0.29) is 6.04 Å². The van der Waals surface area contributed by atoms with E-state index in [1.54, 1.807) is 11.3 Å². The molecule has 1 heterocycles. The molecule has 1 fully saturated rings. The first kappa shape index (κ1) is 9.16. The summed E-state index contributed by atoms with van der Waals surface area (Å²) in [7, 11) is 0. The van der Waals surface area contributed by atoms with Gasteiger partial charge in [-0.1, -0.05) is 13.8 Å². The van der Waals surface area contributed by atoms with E-state index in [2.05, 4.69) is 24.2 Å². The average molecular weight is 196 g/mol. The van der Waals surface area contributed by atoms with Crippen molar-refractivity contribution in [1.29, 1.82) is 0 Å². The summed E-state index contributed by atoms with van der Waals surface area (Å²) in [5, 5.41) is 3.42. The molecule has 1 aromatic heterocycles. The molecular weight excluding hydrogens is 180 g/mol. The van der Waals surface area contributed by atoms with Gasteiger partial charge in [-0.15, -0.1) is 11.3 Å². The van der Waals surface area contributed by atoms with Crippen molar-refractivity contribution in [1.82, 2.24) is 4.98 Å². The molecule has 0 amide bonds. The van der Waals surface area contributed by atoms with Crippen LogP contribution in [-0.4, -0.2) is 4.98 Å². The topological polar surface area (TPSA) is 38.9 Å². The zero-order valence-electron chi connectivity index (χ0n) is 8.16. The van der Waals surface area contributed by atoms with Gasteiger partial charge in [-0.05, 0) is 18.8 Å². The summed E-state index contributed by atoms with van der Waals surface area (Å²) in [5.74, 6) is 1.24. The number of nitrogens with two attached hydrogens (primary N) is 1. The summed E-state index contributed by atoms with van der Waals surface area (Å²) in [6.07, 6.45) is 2.65. The summed E-state index contributed by atoms with van der Waals surface area (Å²) in [5.41, 5.74) is 7.10. The van der Waals surface area contributed by atoms with Crippen LogP contribution in [0, 0.1) is 5.92 Å². The van der Waals surface area contributed by atoms with E-state index in [9.17, 15) is 0 Å². The van der Waals surface area contributed by atoms with Gasteiger partial charge in [0.2, 0.25) is 0 Å². The summed E-state index contributed by atoms with van der Waals surface area (Å²) < 4.78 is 0. The molecule has 1 saturated carbocycles. The van der Waals surface area contributed by atoms with Crippen LogP contribution in [0.5, 0.6) is 0 Å². The standard InChI is InChI=1S/C10H16N2S/c1-6(2)9(11)8-5-13-10(12-8)7-3-4-7/h5-7,9H,3-4,11H2,1-2H3. The van der Waals surface area contributed by atoms with E-state index in [1.807, 2.05) is 0 Å². The van der Waals surface area contributed by atoms with Gasteiger partial charge in [0.1, 0.15) is 0 Å². The fraction of sp³-hybridized carbons (Fsp3) is 0.700. The van der Waals surface area contributed by atoms with E-state index in [0.29, 0.717) is 5.92 Å². The van der Waals surface area contributed by atoms with Gasteiger partial charge in [0.15, 0.2) is 0 Å². The molecule has 3 heteroatoms. The monoisotopic (exact) mass is 196 g/mol. The minimum absolute atomic E-state index is 0.115. The molecule has 0 aliphatic heterocycles. The molecule has 2 rings (SSSR count). The highest BCUT2D eigenvalue weighted by atomic mass is 32.1. The Hall–Kier alpha value is -0.410. The van der Waals surface area contributed by atoms with Crippen molar-refractivity contribution in [3.8, 4) is 0 Å². The second-order valence-corrected chi connectivity index (χ2v) is 5.04. The highest BCUT2D eigenvalue weighted by Crippen LogP contribution is 2.42. The van der Waals surface area contributed by atoms with E-state index < -0.39 is 0 Å². The van der Waals surface area contributed by atoms with Crippen molar-refractivity contribution < 1.29 is 0 Å². The molecule has 13 heavy (non-hydrogen) atoms. The Balaban J connectivity index is 2.11. The SMILES string of the molecule is CC(C)C(N)c1csc(C2CC2)n1. The predicted octanol–water partition coefficient (Wildman–Crippen LogP) is 2.68. The average Bonchev–Trinajstić information content (AvgIpc) is 2.83. The summed E-state index contributed by atoms with van der Waals surface area (Å²) in [4.78, 5) is 4.59. The Morgan fingerprint density at radius 2 is 2.23 bits per heavy atom. The quantitative estimate of drug-likeness (QED) is 0.807. The van der Waals surface area contributed by atoms with Crippen molar-refractivity contribution >= 4 is 11.3 Å². The molecule has 2 N–H and O–H groups in total. The third kappa shape index (κ3) is 1.92. The van der Waals surface area contributed by atoms with Crippen LogP contribution in [0.1, 0.15) is 49.4 Å². The number of thiazole rings is 1. The molecule has 1 aliphatic rings. The lowest BCUT2D eigenvalue weighted by molar-refractivity contribution is 0.504. The third-order valence-electron chi connectivity index (χ3n) is 2.53. The Kier molecular flexibility index (Phi) is 2.39. The molecule has 1 unspecified atom stereocenters. The number of rotatable bonds is 3. The number of hydrogen-bond donors (Lipinski definition) is 1. The summed E-state index contributed by atoms with van der Waals surface area (Å²) in [6.45, 7) is 4.28. The van der Waals surface area contributed by atoms with Gasteiger partial charge >= 0.3 is 0 Å². The molecule has 0 radical (unpaired) electrons. The van der Waals surface area contributed by atoms with E-state index in [4.69, 9.17) is 5.73 Å². The van der Waals surface area contributed by atoms with Gasteiger partial charge in [0.25, 0.3) is 0 Å². The van der Waals surface area contributed by atoms with Crippen LogP contribution in [0.3, 0.4) is 0 Å². The first-order chi connectivity index (χ1) is 6.18. The van der Waals surface area contributed by atoms with Crippen molar-refractivity contribution in [3.05, 3.63) is 16.1 Å². The van der Waals surface area contributed by atoms with Crippen molar-refractivity contribution in [2.45, 2.75) is 38.6 Å². The lowest BCUT2D eigenvalue weighted by atomic mass is 10.0. The highest BCUT2D eigenvalue weighted by Gasteiger charge is 2.27. The molecule has 2 nitrogen and oxygen atoms in total. The van der Waals surface area contributed by atoms with Gasteiger partial charge in [-0.2, -0.15) is 0 Å². The molecule has 0 aromatic carbocycles. The minimum Gasteiger partial charge on any atom is -0.322 e. The van der Waals surface area contributed by atoms with Crippen molar-refractivity contribution in [3.63, 3.8) is 0 Å². The normalized spacial score (nSPS) is 19.4. The van der Waals surface area contributed by atoms with Crippen LogP contribution >= 0.6 is 11.3 Å². The van der Waals surface area contributed by atoms with E-state index >= 15 is 0 Å². The van der Waals surface area contributed by atoms with Gasteiger partial charge in [-0.25, -0.2) is 4.98 Å².